The maximum absolute atomic E-state index is 11.9. The number of carbonyl (C=O) groups excluding carboxylic acids is 1. The quantitative estimate of drug-likeness (QED) is 0.898. The van der Waals surface area contributed by atoms with Crippen molar-refractivity contribution in [3.63, 3.8) is 0 Å². The minimum absolute atomic E-state index is 0.237. The number of H-pyrrole nitrogens is 1. The van der Waals surface area contributed by atoms with Crippen molar-refractivity contribution in [1.29, 1.82) is 0 Å². The Morgan fingerprint density at radius 2 is 2.20 bits per heavy atom. The first-order chi connectivity index (χ1) is 9.72. The Hall–Kier alpha value is -1.84. The molecule has 4 nitrogen and oxygen atoms in total. The summed E-state index contributed by atoms with van der Waals surface area (Å²) in [6.07, 6.45) is 5.39. The highest BCUT2D eigenvalue weighted by Crippen LogP contribution is 2.24. The summed E-state index contributed by atoms with van der Waals surface area (Å²) in [6, 6.07) is 6.24. The summed E-state index contributed by atoms with van der Waals surface area (Å²) in [5.41, 5.74) is 3.30. The predicted molar refractivity (Wildman–Crippen MR) is 79.5 cm³/mol. The number of imidazole rings is 1. The van der Waals surface area contributed by atoms with E-state index in [2.05, 4.69) is 27.4 Å². The zero-order valence-corrected chi connectivity index (χ0v) is 11.9. The molecule has 3 rings (SSSR count). The molecule has 4 heteroatoms. The summed E-state index contributed by atoms with van der Waals surface area (Å²) in [5, 5.41) is 3.06. The van der Waals surface area contributed by atoms with Crippen LogP contribution in [0.25, 0.3) is 11.0 Å². The molecule has 0 atom stereocenters. The summed E-state index contributed by atoms with van der Waals surface area (Å²) in [5.74, 6) is 1.43. The first-order valence-corrected chi connectivity index (χ1v) is 7.45. The Morgan fingerprint density at radius 3 is 3.00 bits per heavy atom. The van der Waals surface area contributed by atoms with Crippen molar-refractivity contribution >= 4 is 16.9 Å². The molecule has 0 saturated heterocycles. The number of aromatic amines is 1. The number of hydrogen-bond donors (Lipinski definition) is 2. The fraction of sp³-hybridized carbons (Fsp3) is 0.500. The number of rotatable bonds is 4. The SMILES string of the molecule is Cc1nc2ccc(CCNC(=O)C3CCCC3)cc2[nH]1. The van der Waals surface area contributed by atoms with Gasteiger partial charge in [0.2, 0.25) is 5.91 Å². The van der Waals surface area contributed by atoms with Crippen LogP contribution in [-0.2, 0) is 11.2 Å². The van der Waals surface area contributed by atoms with Gasteiger partial charge in [-0.1, -0.05) is 18.9 Å². The van der Waals surface area contributed by atoms with E-state index in [0.717, 1.165) is 36.1 Å². The van der Waals surface area contributed by atoms with Gasteiger partial charge in [0.15, 0.2) is 0 Å². The van der Waals surface area contributed by atoms with Gasteiger partial charge in [0, 0.05) is 12.5 Å². The molecule has 1 heterocycles. The molecular formula is C16H21N3O. The second kappa shape index (κ2) is 5.65. The lowest BCUT2D eigenvalue weighted by Crippen LogP contribution is -2.30. The third kappa shape index (κ3) is 2.84. The smallest absolute Gasteiger partial charge is 0.223 e. The number of nitrogens with one attached hydrogen (secondary N) is 2. The van der Waals surface area contributed by atoms with E-state index in [9.17, 15) is 4.79 Å². The van der Waals surface area contributed by atoms with Gasteiger partial charge in [-0.05, 0) is 43.9 Å². The van der Waals surface area contributed by atoms with Gasteiger partial charge in [0.25, 0.3) is 0 Å². The first kappa shape index (κ1) is 13.2. The van der Waals surface area contributed by atoms with Crippen LogP contribution in [0.5, 0.6) is 0 Å². The van der Waals surface area contributed by atoms with E-state index in [4.69, 9.17) is 0 Å². The lowest BCUT2D eigenvalue weighted by atomic mass is 10.1. The van der Waals surface area contributed by atoms with Crippen LogP contribution in [0.4, 0.5) is 0 Å². The minimum Gasteiger partial charge on any atom is -0.356 e. The number of benzene rings is 1. The highest BCUT2D eigenvalue weighted by Gasteiger charge is 2.21. The van der Waals surface area contributed by atoms with Gasteiger partial charge in [0.1, 0.15) is 5.82 Å². The number of aryl methyl sites for hydroxylation is 1. The third-order valence-corrected chi connectivity index (χ3v) is 4.10. The molecule has 1 aromatic carbocycles. The second-order valence-electron chi connectivity index (χ2n) is 5.70. The van der Waals surface area contributed by atoms with Crippen LogP contribution < -0.4 is 5.32 Å². The number of hydrogen-bond acceptors (Lipinski definition) is 2. The van der Waals surface area contributed by atoms with Gasteiger partial charge in [0.05, 0.1) is 11.0 Å². The molecule has 1 aliphatic rings. The maximum Gasteiger partial charge on any atom is 0.223 e. The van der Waals surface area contributed by atoms with Crippen molar-refractivity contribution in [2.75, 3.05) is 6.54 Å². The lowest BCUT2D eigenvalue weighted by molar-refractivity contribution is -0.124. The van der Waals surface area contributed by atoms with E-state index < -0.39 is 0 Å². The average molecular weight is 271 g/mol. The topological polar surface area (TPSA) is 57.8 Å². The Morgan fingerprint density at radius 1 is 1.40 bits per heavy atom. The summed E-state index contributed by atoms with van der Waals surface area (Å²) in [4.78, 5) is 19.6. The summed E-state index contributed by atoms with van der Waals surface area (Å²) in [7, 11) is 0. The van der Waals surface area contributed by atoms with Crippen LogP contribution in [0.3, 0.4) is 0 Å². The Bertz CT molecular complexity index is 611. The summed E-state index contributed by atoms with van der Waals surface area (Å²) in [6.45, 7) is 2.68. The molecule has 0 bridgehead atoms. The summed E-state index contributed by atoms with van der Waals surface area (Å²) >= 11 is 0. The van der Waals surface area contributed by atoms with Crippen molar-refractivity contribution in [3.05, 3.63) is 29.6 Å². The molecule has 1 aliphatic carbocycles. The monoisotopic (exact) mass is 271 g/mol. The molecular weight excluding hydrogens is 250 g/mol. The van der Waals surface area contributed by atoms with Crippen LogP contribution >= 0.6 is 0 Å². The molecule has 1 fully saturated rings. The fourth-order valence-electron chi connectivity index (χ4n) is 3.00. The molecule has 0 radical (unpaired) electrons. The molecule has 1 amide bonds. The highest BCUT2D eigenvalue weighted by molar-refractivity contribution is 5.79. The Labute approximate surface area is 119 Å². The molecule has 106 valence electrons. The van der Waals surface area contributed by atoms with Crippen LogP contribution in [0.2, 0.25) is 0 Å². The molecule has 0 unspecified atom stereocenters. The normalized spacial score (nSPS) is 15.8. The van der Waals surface area contributed by atoms with Crippen molar-refractivity contribution in [1.82, 2.24) is 15.3 Å². The van der Waals surface area contributed by atoms with Gasteiger partial charge < -0.3 is 10.3 Å². The van der Waals surface area contributed by atoms with Gasteiger partial charge >= 0.3 is 0 Å². The maximum atomic E-state index is 11.9. The number of nitrogens with zero attached hydrogens (tertiary/aromatic N) is 1. The van der Waals surface area contributed by atoms with E-state index in [-0.39, 0.29) is 11.8 Å². The third-order valence-electron chi connectivity index (χ3n) is 4.10. The molecule has 2 aromatic rings. The van der Waals surface area contributed by atoms with E-state index >= 15 is 0 Å². The standard InChI is InChI=1S/C16H21N3O/c1-11-18-14-7-6-12(10-15(14)19-11)8-9-17-16(20)13-4-2-3-5-13/h6-7,10,13H,2-5,8-9H2,1H3,(H,17,20)(H,18,19). The van der Waals surface area contributed by atoms with E-state index in [0.29, 0.717) is 6.54 Å². The van der Waals surface area contributed by atoms with Crippen molar-refractivity contribution in [2.24, 2.45) is 5.92 Å². The molecule has 1 saturated carbocycles. The highest BCUT2D eigenvalue weighted by atomic mass is 16.1. The molecule has 0 spiro atoms. The van der Waals surface area contributed by atoms with Crippen LogP contribution in [-0.4, -0.2) is 22.4 Å². The van der Waals surface area contributed by atoms with E-state index in [1.807, 2.05) is 13.0 Å². The van der Waals surface area contributed by atoms with Crippen molar-refractivity contribution in [3.8, 4) is 0 Å². The minimum atomic E-state index is 0.237. The number of amides is 1. The molecule has 1 aromatic heterocycles. The molecule has 2 N–H and O–H groups in total. The lowest BCUT2D eigenvalue weighted by Gasteiger charge is -2.10. The molecule has 20 heavy (non-hydrogen) atoms. The van der Waals surface area contributed by atoms with E-state index in [1.54, 1.807) is 0 Å². The Balaban J connectivity index is 1.55. The van der Waals surface area contributed by atoms with Crippen LogP contribution in [0, 0.1) is 12.8 Å². The number of fused-ring (bicyclic) bond motifs is 1. The Kier molecular flexibility index (Phi) is 3.72. The van der Waals surface area contributed by atoms with Crippen LogP contribution in [0.15, 0.2) is 18.2 Å². The summed E-state index contributed by atoms with van der Waals surface area (Å²) < 4.78 is 0. The largest absolute Gasteiger partial charge is 0.356 e. The second-order valence-corrected chi connectivity index (χ2v) is 5.70. The van der Waals surface area contributed by atoms with Gasteiger partial charge in [-0.3, -0.25) is 4.79 Å². The molecule has 0 aliphatic heterocycles. The van der Waals surface area contributed by atoms with Gasteiger partial charge in [-0.2, -0.15) is 0 Å². The first-order valence-electron chi connectivity index (χ1n) is 7.45. The van der Waals surface area contributed by atoms with Crippen molar-refractivity contribution in [2.45, 2.75) is 39.0 Å². The number of aromatic nitrogens is 2. The van der Waals surface area contributed by atoms with Gasteiger partial charge in [-0.15, -0.1) is 0 Å². The number of carbonyl (C=O) groups is 1. The van der Waals surface area contributed by atoms with Gasteiger partial charge in [-0.25, -0.2) is 4.98 Å². The average Bonchev–Trinajstić information content (AvgIpc) is 3.05. The van der Waals surface area contributed by atoms with E-state index in [1.165, 1.54) is 18.4 Å². The van der Waals surface area contributed by atoms with Crippen molar-refractivity contribution < 1.29 is 4.79 Å². The predicted octanol–water partition coefficient (Wildman–Crippen LogP) is 2.72. The zero-order valence-electron chi connectivity index (χ0n) is 11.9. The fourth-order valence-corrected chi connectivity index (χ4v) is 3.00. The zero-order chi connectivity index (χ0) is 13.9. The van der Waals surface area contributed by atoms with Crippen LogP contribution in [0.1, 0.15) is 37.1 Å².